The van der Waals surface area contributed by atoms with Crippen LogP contribution < -0.4 is 4.72 Å². The minimum atomic E-state index is -3.06. The van der Waals surface area contributed by atoms with E-state index in [0.717, 1.165) is 6.42 Å². The van der Waals surface area contributed by atoms with Gasteiger partial charge in [0.1, 0.15) is 0 Å². The monoisotopic (exact) mass is 209 g/mol. The van der Waals surface area contributed by atoms with Gasteiger partial charge in [-0.3, -0.25) is 0 Å². The zero-order chi connectivity index (χ0) is 11.1. The second kappa shape index (κ2) is 7.33. The highest BCUT2D eigenvalue weighted by Crippen LogP contribution is 1.99. The molecule has 0 fully saturated rings. The number of rotatable bonds is 4. The molecule has 0 heterocycles. The first kappa shape index (κ1) is 15.4. The lowest BCUT2D eigenvalue weighted by Gasteiger charge is -2.13. The number of nitrogens with one attached hydrogen (secondary N) is 1. The molecule has 13 heavy (non-hydrogen) atoms. The Balaban J connectivity index is 0. The van der Waals surface area contributed by atoms with Gasteiger partial charge in [0, 0.05) is 6.04 Å². The van der Waals surface area contributed by atoms with Gasteiger partial charge in [0.2, 0.25) is 10.0 Å². The fourth-order valence-electron chi connectivity index (χ4n) is 0.500. The van der Waals surface area contributed by atoms with E-state index in [0.29, 0.717) is 0 Å². The Hall–Kier alpha value is -0.0900. The van der Waals surface area contributed by atoms with Crippen LogP contribution in [0.2, 0.25) is 0 Å². The predicted molar refractivity (Wildman–Crippen MR) is 58.3 cm³/mol. The molecular weight excluding hydrogens is 186 g/mol. The molecule has 1 unspecified atom stereocenters. The highest BCUT2D eigenvalue weighted by Gasteiger charge is 2.16. The Morgan fingerprint density at radius 2 is 1.54 bits per heavy atom. The van der Waals surface area contributed by atoms with Gasteiger partial charge in [-0.05, 0) is 27.2 Å². The molecule has 0 aromatic heterocycles. The lowest BCUT2D eigenvalue weighted by Crippen LogP contribution is -2.36. The van der Waals surface area contributed by atoms with Crippen LogP contribution in [0.1, 0.15) is 48.0 Å². The SMILES string of the molecule is CC.CCC(C)NS(=O)(=O)C(C)C. The van der Waals surface area contributed by atoms with E-state index in [1.807, 2.05) is 27.7 Å². The van der Waals surface area contributed by atoms with E-state index in [2.05, 4.69) is 4.72 Å². The topological polar surface area (TPSA) is 46.2 Å². The Labute approximate surface area is 83.0 Å². The lowest BCUT2D eigenvalue weighted by molar-refractivity contribution is 0.547. The maximum Gasteiger partial charge on any atom is 0.214 e. The first-order chi connectivity index (χ1) is 5.90. The first-order valence-electron chi connectivity index (χ1n) is 4.91. The Kier molecular flexibility index (Phi) is 8.67. The summed E-state index contributed by atoms with van der Waals surface area (Å²) in [6.45, 7) is 11.2. The van der Waals surface area contributed by atoms with Crippen LogP contribution in [0.4, 0.5) is 0 Å². The quantitative estimate of drug-likeness (QED) is 0.771. The fraction of sp³-hybridized carbons (Fsp3) is 1.00. The van der Waals surface area contributed by atoms with Crippen LogP contribution in [-0.2, 0) is 10.0 Å². The third kappa shape index (κ3) is 7.02. The summed E-state index contributed by atoms with van der Waals surface area (Å²) in [5.41, 5.74) is 0. The minimum absolute atomic E-state index is 0.0439. The molecule has 0 spiro atoms. The van der Waals surface area contributed by atoms with Crippen molar-refractivity contribution in [2.75, 3.05) is 0 Å². The van der Waals surface area contributed by atoms with Crippen molar-refractivity contribution in [1.82, 2.24) is 4.72 Å². The first-order valence-corrected chi connectivity index (χ1v) is 6.46. The molecule has 82 valence electrons. The van der Waals surface area contributed by atoms with Gasteiger partial charge in [-0.15, -0.1) is 0 Å². The Morgan fingerprint density at radius 1 is 1.15 bits per heavy atom. The van der Waals surface area contributed by atoms with E-state index >= 15 is 0 Å². The van der Waals surface area contributed by atoms with Crippen molar-refractivity contribution in [3.05, 3.63) is 0 Å². The predicted octanol–water partition coefficient (Wildman–Crippen LogP) is 2.14. The van der Waals surface area contributed by atoms with Gasteiger partial charge in [0.15, 0.2) is 0 Å². The Morgan fingerprint density at radius 3 is 1.77 bits per heavy atom. The lowest BCUT2D eigenvalue weighted by atomic mass is 10.3. The van der Waals surface area contributed by atoms with Crippen molar-refractivity contribution in [3.63, 3.8) is 0 Å². The molecule has 4 heteroatoms. The maximum absolute atomic E-state index is 11.2. The molecule has 0 aliphatic carbocycles. The molecule has 0 rings (SSSR count). The second-order valence-electron chi connectivity index (χ2n) is 3.02. The molecule has 0 aromatic carbocycles. The fourth-order valence-corrected chi connectivity index (χ4v) is 1.50. The number of sulfonamides is 1. The van der Waals surface area contributed by atoms with Gasteiger partial charge in [-0.2, -0.15) is 0 Å². The normalized spacial score (nSPS) is 13.5. The molecule has 0 saturated heterocycles. The van der Waals surface area contributed by atoms with Gasteiger partial charge in [-0.25, -0.2) is 13.1 Å². The van der Waals surface area contributed by atoms with E-state index in [-0.39, 0.29) is 11.3 Å². The van der Waals surface area contributed by atoms with Crippen LogP contribution in [0.25, 0.3) is 0 Å². The third-order valence-electron chi connectivity index (χ3n) is 1.60. The van der Waals surface area contributed by atoms with Crippen molar-refractivity contribution in [3.8, 4) is 0 Å². The van der Waals surface area contributed by atoms with Crippen LogP contribution in [0.5, 0.6) is 0 Å². The summed E-state index contributed by atoms with van der Waals surface area (Å²) in [6, 6.07) is 0.0439. The minimum Gasteiger partial charge on any atom is -0.212 e. The van der Waals surface area contributed by atoms with E-state index in [4.69, 9.17) is 0 Å². The van der Waals surface area contributed by atoms with Crippen LogP contribution in [0, 0.1) is 0 Å². The smallest absolute Gasteiger partial charge is 0.212 e. The highest BCUT2D eigenvalue weighted by molar-refractivity contribution is 7.90. The summed E-state index contributed by atoms with van der Waals surface area (Å²) in [5, 5.41) is -0.337. The van der Waals surface area contributed by atoms with Gasteiger partial charge in [0.05, 0.1) is 5.25 Å². The summed E-state index contributed by atoms with van der Waals surface area (Å²) in [5.74, 6) is 0. The average molecular weight is 209 g/mol. The zero-order valence-electron chi connectivity index (χ0n) is 9.59. The second-order valence-corrected chi connectivity index (χ2v) is 5.29. The molecule has 0 amide bonds. The van der Waals surface area contributed by atoms with Crippen LogP contribution in [-0.4, -0.2) is 19.7 Å². The molecule has 3 nitrogen and oxygen atoms in total. The summed E-state index contributed by atoms with van der Waals surface area (Å²) >= 11 is 0. The van der Waals surface area contributed by atoms with Gasteiger partial charge in [-0.1, -0.05) is 20.8 Å². The number of hydrogen-bond acceptors (Lipinski definition) is 2. The average Bonchev–Trinajstić information content (AvgIpc) is 2.07. The standard InChI is InChI=1S/C7H17NO2S.C2H6/c1-5-7(4)8-11(9,10)6(2)3;1-2/h6-8H,5H2,1-4H3;1-2H3. The summed E-state index contributed by atoms with van der Waals surface area (Å²) in [7, 11) is -3.06. The molecule has 0 aliphatic heterocycles. The zero-order valence-corrected chi connectivity index (χ0v) is 10.4. The van der Waals surface area contributed by atoms with Crippen LogP contribution in [0.3, 0.4) is 0 Å². The van der Waals surface area contributed by atoms with Gasteiger partial charge in [0.25, 0.3) is 0 Å². The van der Waals surface area contributed by atoms with E-state index in [1.54, 1.807) is 13.8 Å². The third-order valence-corrected chi connectivity index (χ3v) is 3.57. The van der Waals surface area contributed by atoms with Crippen LogP contribution >= 0.6 is 0 Å². The number of hydrogen-bond donors (Lipinski definition) is 1. The maximum atomic E-state index is 11.2. The largest absolute Gasteiger partial charge is 0.214 e. The highest BCUT2D eigenvalue weighted by atomic mass is 32.2. The van der Waals surface area contributed by atoms with Crippen molar-refractivity contribution in [2.45, 2.75) is 59.3 Å². The van der Waals surface area contributed by atoms with Crippen molar-refractivity contribution >= 4 is 10.0 Å². The van der Waals surface area contributed by atoms with E-state index in [9.17, 15) is 8.42 Å². The molecule has 0 bridgehead atoms. The van der Waals surface area contributed by atoms with E-state index in [1.165, 1.54) is 0 Å². The molecular formula is C9H23NO2S. The molecule has 0 radical (unpaired) electrons. The van der Waals surface area contributed by atoms with Gasteiger partial charge < -0.3 is 0 Å². The molecule has 1 N–H and O–H groups in total. The van der Waals surface area contributed by atoms with Crippen molar-refractivity contribution in [1.29, 1.82) is 0 Å². The van der Waals surface area contributed by atoms with E-state index < -0.39 is 10.0 Å². The van der Waals surface area contributed by atoms with Crippen LogP contribution in [0.15, 0.2) is 0 Å². The summed E-state index contributed by atoms with van der Waals surface area (Å²) in [6.07, 6.45) is 0.825. The molecule has 0 aromatic rings. The molecule has 0 aliphatic rings. The molecule has 1 atom stereocenters. The van der Waals surface area contributed by atoms with Crippen molar-refractivity contribution in [2.24, 2.45) is 0 Å². The van der Waals surface area contributed by atoms with Gasteiger partial charge >= 0.3 is 0 Å². The van der Waals surface area contributed by atoms with Crippen molar-refractivity contribution < 1.29 is 8.42 Å². The summed E-state index contributed by atoms with van der Waals surface area (Å²) < 4.78 is 25.0. The molecule has 0 saturated carbocycles. The summed E-state index contributed by atoms with van der Waals surface area (Å²) in [4.78, 5) is 0. The Bertz CT molecular complexity index is 198.